The van der Waals surface area contributed by atoms with Crippen molar-refractivity contribution in [2.24, 2.45) is 0 Å². The highest BCUT2D eigenvalue weighted by molar-refractivity contribution is 5.86. The molecule has 2 rings (SSSR count). The fraction of sp³-hybridized carbons (Fsp3) is 0.591. The fourth-order valence-corrected chi connectivity index (χ4v) is 3.20. The van der Waals surface area contributed by atoms with Crippen molar-refractivity contribution in [1.29, 1.82) is 0 Å². The maximum absolute atomic E-state index is 12.6. The van der Waals surface area contributed by atoms with Crippen LogP contribution < -0.4 is 5.32 Å². The Labute approximate surface area is 186 Å². The van der Waals surface area contributed by atoms with Crippen molar-refractivity contribution < 1.29 is 33.5 Å². The molecular weight excluding hydrogens is 420 g/mol. The summed E-state index contributed by atoms with van der Waals surface area (Å²) in [6.45, 7) is 4.84. The van der Waals surface area contributed by atoms with Crippen molar-refractivity contribution in [3.63, 3.8) is 0 Å². The average molecular weight is 450 g/mol. The van der Waals surface area contributed by atoms with Crippen LogP contribution in [0.1, 0.15) is 64.9 Å². The van der Waals surface area contributed by atoms with E-state index in [0.29, 0.717) is 5.56 Å². The van der Waals surface area contributed by atoms with Crippen LogP contribution in [0.5, 0.6) is 0 Å². The summed E-state index contributed by atoms with van der Waals surface area (Å²) >= 11 is 0. The van der Waals surface area contributed by atoms with Gasteiger partial charge in [0.1, 0.15) is 24.4 Å². The topological polar surface area (TPSA) is 134 Å². The van der Waals surface area contributed by atoms with Crippen LogP contribution in [0.15, 0.2) is 24.3 Å². The first-order chi connectivity index (χ1) is 15.0. The Morgan fingerprint density at radius 2 is 1.75 bits per heavy atom. The third kappa shape index (κ3) is 8.91. The van der Waals surface area contributed by atoms with E-state index in [0.717, 1.165) is 32.1 Å². The zero-order valence-electron chi connectivity index (χ0n) is 18.6. The molecule has 0 bridgehead atoms. The number of esters is 2. The maximum atomic E-state index is 12.6. The van der Waals surface area contributed by atoms with E-state index in [9.17, 15) is 24.5 Å². The minimum absolute atomic E-state index is 0.0880. The van der Waals surface area contributed by atoms with Gasteiger partial charge in [-0.25, -0.2) is 9.59 Å². The van der Waals surface area contributed by atoms with Crippen LogP contribution in [-0.2, 0) is 30.4 Å². The van der Waals surface area contributed by atoms with E-state index in [2.05, 4.69) is 5.32 Å². The van der Waals surface area contributed by atoms with Crippen molar-refractivity contribution in [2.75, 3.05) is 0 Å². The van der Waals surface area contributed by atoms with E-state index in [1.165, 1.54) is 24.3 Å². The first-order valence-corrected chi connectivity index (χ1v) is 10.6. The second-order valence-corrected chi connectivity index (χ2v) is 8.68. The van der Waals surface area contributed by atoms with Crippen molar-refractivity contribution in [3.05, 3.63) is 39.9 Å². The highest BCUT2D eigenvalue weighted by Gasteiger charge is 2.30. The van der Waals surface area contributed by atoms with Gasteiger partial charge in [0.15, 0.2) is 0 Å². The highest BCUT2D eigenvalue weighted by atomic mass is 16.6. The van der Waals surface area contributed by atoms with E-state index in [-0.39, 0.29) is 18.4 Å². The number of nitrogens with one attached hydrogen (secondary N) is 1. The number of hydrogen-bond acceptors (Lipinski definition) is 8. The van der Waals surface area contributed by atoms with Crippen LogP contribution >= 0.6 is 0 Å². The zero-order valence-corrected chi connectivity index (χ0v) is 18.6. The maximum Gasteiger partial charge on any atom is 0.408 e. The van der Waals surface area contributed by atoms with Crippen molar-refractivity contribution >= 4 is 23.7 Å². The number of rotatable bonds is 8. The number of nitro groups is 1. The lowest BCUT2D eigenvalue weighted by atomic mass is 9.98. The standard InChI is InChI=1S/C22H30N2O8/c1-22(2,3)32-21(27)23-18(13-19(25)31-17-7-5-4-6-8-17)20(26)30-14-15-9-11-16(12-10-15)24(28)29/h9-12,17-18H,4-8,13-14H2,1-3H3,(H,23,27)/t18-/m0/s1. The van der Waals surface area contributed by atoms with Gasteiger partial charge >= 0.3 is 18.0 Å². The van der Waals surface area contributed by atoms with Gasteiger partial charge in [-0.05, 0) is 64.2 Å². The largest absolute Gasteiger partial charge is 0.462 e. The smallest absolute Gasteiger partial charge is 0.408 e. The third-order valence-corrected chi connectivity index (χ3v) is 4.72. The van der Waals surface area contributed by atoms with Crippen molar-refractivity contribution in [3.8, 4) is 0 Å². The number of benzene rings is 1. The molecular formula is C22H30N2O8. The van der Waals surface area contributed by atoms with Crippen LogP contribution in [0.2, 0.25) is 0 Å². The quantitative estimate of drug-likeness (QED) is 0.274. The van der Waals surface area contributed by atoms with E-state index >= 15 is 0 Å². The van der Waals surface area contributed by atoms with Crippen LogP contribution in [0.4, 0.5) is 10.5 Å². The molecule has 0 saturated heterocycles. The van der Waals surface area contributed by atoms with E-state index in [1.807, 2.05) is 0 Å². The third-order valence-electron chi connectivity index (χ3n) is 4.72. The summed E-state index contributed by atoms with van der Waals surface area (Å²) < 4.78 is 15.9. The van der Waals surface area contributed by atoms with Gasteiger partial charge in [0.25, 0.3) is 5.69 Å². The van der Waals surface area contributed by atoms with Gasteiger partial charge in [-0.15, -0.1) is 0 Å². The molecule has 0 unspecified atom stereocenters. The molecule has 1 N–H and O–H groups in total. The Bertz CT molecular complexity index is 810. The molecule has 0 spiro atoms. The van der Waals surface area contributed by atoms with Crippen molar-refractivity contribution in [2.45, 2.75) is 83.6 Å². The number of nitrogens with zero attached hydrogens (tertiary/aromatic N) is 1. The summed E-state index contributed by atoms with van der Waals surface area (Å²) in [7, 11) is 0. The molecule has 10 nitrogen and oxygen atoms in total. The second-order valence-electron chi connectivity index (χ2n) is 8.68. The summed E-state index contributed by atoms with van der Waals surface area (Å²) in [6, 6.07) is 4.21. The van der Waals surface area contributed by atoms with Gasteiger partial charge in [-0.2, -0.15) is 0 Å². The van der Waals surface area contributed by atoms with Crippen LogP contribution in [0, 0.1) is 10.1 Å². The molecule has 1 saturated carbocycles. The van der Waals surface area contributed by atoms with Crippen LogP contribution in [-0.4, -0.2) is 40.7 Å². The van der Waals surface area contributed by atoms with Crippen molar-refractivity contribution in [1.82, 2.24) is 5.32 Å². The molecule has 10 heteroatoms. The lowest BCUT2D eigenvalue weighted by Crippen LogP contribution is -2.45. The predicted octanol–water partition coefficient (Wildman–Crippen LogP) is 3.80. The molecule has 1 aromatic carbocycles. The number of amides is 1. The molecule has 1 aliphatic rings. The normalized spacial score (nSPS) is 15.3. The number of alkyl carbamates (subject to hydrolysis) is 1. The highest BCUT2D eigenvalue weighted by Crippen LogP contribution is 2.21. The van der Waals surface area contributed by atoms with Gasteiger partial charge in [0.2, 0.25) is 0 Å². The summed E-state index contributed by atoms with van der Waals surface area (Å²) in [5, 5.41) is 13.1. The molecule has 0 aromatic heterocycles. The molecule has 0 radical (unpaired) electrons. The number of nitro benzene ring substituents is 1. The van der Waals surface area contributed by atoms with Gasteiger partial charge in [0.05, 0.1) is 11.3 Å². The molecule has 176 valence electrons. The lowest BCUT2D eigenvalue weighted by molar-refractivity contribution is -0.384. The summed E-state index contributed by atoms with van der Waals surface area (Å²) in [4.78, 5) is 47.4. The minimum Gasteiger partial charge on any atom is -0.462 e. The number of ether oxygens (including phenoxy) is 3. The Morgan fingerprint density at radius 3 is 2.31 bits per heavy atom. The van der Waals surface area contributed by atoms with Crippen LogP contribution in [0.25, 0.3) is 0 Å². The fourth-order valence-electron chi connectivity index (χ4n) is 3.20. The number of hydrogen-bond donors (Lipinski definition) is 1. The first-order valence-electron chi connectivity index (χ1n) is 10.6. The number of non-ortho nitro benzene ring substituents is 1. The Morgan fingerprint density at radius 1 is 1.12 bits per heavy atom. The summed E-state index contributed by atoms with van der Waals surface area (Å²) in [5.41, 5.74) is -0.361. The molecule has 32 heavy (non-hydrogen) atoms. The van der Waals surface area contributed by atoms with E-state index in [4.69, 9.17) is 14.2 Å². The van der Waals surface area contributed by atoms with E-state index in [1.54, 1.807) is 20.8 Å². The molecule has 1 aliphatic carbocycles. The molecule has 0 heterocycles. The van der Waals surface area contributed by atoms with Crippen LogP contribution in [0.3, 0.4) is 0 Å². The van der Waals surface area contributed by atoms with Gasteiger partial charge in [-0.1, -0.05) is 6.42 Å². The zero-order chi connectivity index (χ0) is 23.7. The summed E-state index contributed by atoms with van der Waals surface area (Å²) in [5.74, 6) is -1.44. The number of carbonyl (C=O) groups is 3. The molecule has 0 aliphatic heterocycles. The Hall–Kier alpha value is -3.17. The SMILES string of the molecule is CC(C)(C)OC(=O)N[C@@H](CC(=O)OC1CCCCC1)C(=O)OCc1ccc([N+](=O)[O-])cc1. The van der Waals surface area contributed by atoms with Gasteiger partial charge < -0.3 is 19.5 Å². The monoisotopic (exact) mass is 450 g/mol. The molecule has 1 atom stereocenters. The van der Waals surface area contributed by atoms with Gasteiger partial charge in [-0.3, -0.25) is 14.9 Å². The predicted molar refractivity (Wildman–Crippen MR) is 114 cm³/mol. The number of carbonyl (C=O) groups excluding carboxylic acids is 3. The van der Waals surface area contributed by atoms with Gasteiger partial charge in [0, 0.05) is 12.1 Å². The lowest BCUT2D eigenvalue weighted by Gasteiger charge is -2.24. The molecule has 1 amide bonds. The average Bonchev–Trinajstić information content (AvgIpc) is 2.71. The molecule has 1 fully saturated rings. The second kappa shape index (κ2) is 11.4. The first kappa shape index (κ1) is 25.1. The summed E-state index contributed by atoms with van der Waals surface area (Å²) in [6.07, 6.45) is 3.18. The Kier molecular flexibility index (Phi) is 8.98. The molecule has 1 aromatic rings. The minimum atomic E-state index is -1.29. The van der Waals surface area contributed by atoms with E-state index < -0.39 is 41.0 Å². The Balaban J connectivity index is 1.99.